The normalized spacial score (nSPS) is 12.6. The smallest absolute Gasteiger partial charge is 0.216 e. The Kier molecular flexibility index (Phi) is 6.67. The third kappa shape index (κ3) is 9.09. The fourth-order valence-electron chi connectivity index (χ4n) is 1.24. The van der Waals surface area contributed by atoms with Crippen molar-refractivity contribution in [3.63, 3.8) is 0 Å². The monoisotopic (exact) mass is 246 g/mol. The molecule has 0 atom stereocenters. The summed E-state index contributed by atoms with van der Waals surface area (Å²) in [6.07, 6.45) is 1.50. The van der Waals surface area contributed by atoms with Gasteiger partial charge in [0.05, 0.1) is 17.8 Å². The Bertz CT molecular complexity index is 240. The van der Waals surface area contributed by atoms with Gasteiger partial charge in [-0.1, -0.05) is 0 Å². The fourth-order valence-corrected chi connectivity index (χ4v) is 1.24. The number of hydrogen-bond donors (Lipinski definition) is 2. The molecule has 0 saturated carbocycles. The summed E-state index contributed by atoms with van der Waals surface area (Å²) in [6.45, 7) is 10.6. The Morgan fingerprint density at radius 2 is 1.76 bits per heavy atom. The molecule has 0 aliphatic heterocycles. The Morgan fingerprint density at radius 1 is 1.18 bits per heavy atom. The molecule has 0 spiro atoms. The van der Waals surface area contributed by atoms with Gasteiger partial charge in [0.2, 0.25) is 5.91 Å². The molecule has 1 amide bonds. The summed E-state index contributed by atoms with van der Waals surface area (Å²) < 4.78 is 5.76. The molecule has 5 heteroatoms. The van der Waals surface area contributed by atoms with Crippen LogP contribution in [0.1, 0.15) is 47.5 Å². The topological polar surface area (TPSA) is 73.6 Å². The van der Waals surface area contributed by atoms with Crippen LogP contribution in [0.3, 0.4) is 0 Å². The number of rotatable bonds is 8. The van der Waals surface area contributed by atoms with Crippen LogP contribution in [-0.2, 0) is 14.4 Å². The standard InChI is InChI=1S/C12H26N2O3/c1-10(15)14-8-6-11(2,3)16-9-7-12(4,5)17-13/h6-9,13H2,1-5H3,(H,14,15). The van der Waals surface area contributed by atoms with Gasteiger partial charge in [0.1, 0.15) is 0 Å². The highest BCUT2D eigenvalue weighted by atomic mass is 16.6. The fraction of sp³-hybridized carbons (Fsp3) is 0.917. The van der Waals surface area contributed by atoms with E-state index in [1.807, 2.05) is 27.7 Å². The predicted molar refractivity (Wildman–Crippen MR) is 67.3 cm³/mol. The number of ether oxygens (including phenoxy) is 1. The van der Waals surface area contributed by atoms with E-state index in [1.54, 1.807) is 0 Å². The summed E-state index contributed by atoms with van der Waals surface area (Å²) in [6, 6.07) is 0. The zero-order chi connectivity index (χ0) is 13.5. The van der Waals surface area contributed by atoms with Crippen LogP contribution in [0.15, 0.2) is 0 Å². The van der Waals surface area contributed by atoms with Crippen molar-refractivity contribution in [1.82, 2.24) is 5.32 Å². The number of nitrogens with two attached hydrogens (primary N) is 1. The molecule has 3 N–H and O–H groups in total. The minimum absolute atomic E-state index is 0.0153. The van der Waals surface area contributed by atoms with Gasteiger partial charge in [0, 0.05) is 19.9 Å². The maximum absolute atomic E-state index is 10.7. The van der Waals surface area contributed by atoms with Gasteiger partial charge in [-0.25, -0.2) is 5.90 Å². The lowest BCUT2D eigenvalue weighted by Gasteiger charge is -2.28. The first-order valence-corrected chi connectivity index (χ1v) is 5.95. The summed E-state index contributed by atoms with van der Waals surface area (Å²) in [4.78, 5) is 15.6. The second kappa shape index (κ2) is 6.93. The van der Waals surface area contributed by atoms with Crippen molar-refractivity contribution < 1.29 is 14.4 Å². The van der Waals surface area contributed by atoms with E-state index in [9.17, 15) is 4.79 Å². The molecule has 0 heterocycles. The van der Waals surface area contributed by atoms with Crippen molar-refractivity contribution in [1.29, 1.82) is 0 Å². The number of carbonyl (C=O) groups is 1. The van der Waals surface area contributed by atoms with E-state index in [0.29, 0.717) is 13.2 Å². The Hall–Kier alpha value is -0.650. The largest absolute Gasteiger partial charge is 0.375 e. The van der Waals surface area contributed by atoms with E-state index in [2.05, 4.69) is 5.32 Å². The lowest BCUT2D eigenvalue weighted by Crippen LogP contribution is -2.35. The molecule has 0 aliphatic rings. The molecule has 0 radical (unpaired) electrons. The van der Waals surface area contributed by atoms with Crippen LogP contribution < -0.4 is 11.2 Å². The second-order valence-corrected chi connectivity index (χ2v) is 5.47. The molecule has 0 saturated heterocycles. The Balaban J connectivity index is 3.81. The van der Waals surface area contributed by atoms with E-state index in [-0.39, 0.29) is 17.1 Å². The van der Waals surface area contributed by atoms with Gasteiger partial charge < -0.3 is 10.1 Å². The molecule has 0 fully saturated rings. The maximum atomic E-state index is 10.7. The molecule has 0 rings (SSSR count). The van der Waals surface area contributed by atoms with Gasteiger partial charge in [-0.05, 0) is 34.1 Å². The van der Waals surface area contributed by atoms with Crippen LogP contribution >= 0.6 is 0 Å². The van der Waals surface area contributed by atoms with E-state index in [1.165, 1.54) is 6.92 Å². The molecular formula is C12H26N2O3. The van der Waals surface area contributed by atoms with Gasteiger partial charge in [0.25, 0.3) is 0 Å². The van der Waals surface area contributed by atoms with Crippen LogP contribution in [0.2, 0.25) is 0 Å². The SMILES string of the molecule is CC(=O)NCCC(C)(C)OCCC(C)(C)ON. The number of hydrogen-bond acceptors (Lipinski definition) is 4. The molecular weight excluding hydrogens is 220 g/mol. The van der Waals surface area contributed by atoms with E-state index >= 15 is 0 Å². The quantitative estimate of drug-likeness (QED) is 0.634. The summed E-state index contributed by atoms with van der Waals surface area (Å²) in [5.74, 6) is 5.15. The zero-order valence-corrected chi connectivity index (χ0v) is 11.6. The van der Waals surface area contributed by atoms with Gasteiger partial charge in [0.15, 0.2) is 0 Å². The van der Waals surface area contributed by atoms with Gasteiger partial charge in [-0.15, -0.1) is 0 Å². The highest BCUT2D eigenvalue weighted by molar-refractivity contribution is 5.72. The molecule has 0 unspecified atom stereocenters. The van der Waals surface area contributed by atoms with Crippen molar-refractivity contribution in [3.05, 3.63) is 0 Å². The number of nitrogens with one attached hydrogen (secondary N) is 1. The molecule has 0 aliphatic carbocycles. The molecule has 102 valence electrons. The molecule has 0 aromatic heterocycles. The average Bonchev–Trinajstić information content (AvgIpc) is 2.16. The summed E-state index contributed by atoms with van der Waals surface area (Å²) in [7, 11) is 0. The Labute approximate surface area is 104 Å². The van der Waals surface area contributed by atoms with Crippen LogP contribution in [0.4, 0.5) is 0 Å². The van der Waals surface area contributed by atoms with E-state index in [0.717, 1.165) is 12.8 Å². The highest BCUT2D eigenvalue weighted by Gasteiger charge is 2.22. The van der Waals surface area contributed by atoms with Crippen molar-refractivity contribution in [2.75, 3.05) is 13.2 Å². The summed E-state index contributed by atoms with van der Waals surface area (Å²) >= 11 is 0. The molecule has 0 bridgehead atoms. The second-order valence-electron chi connectivity index (χ2n) is 5.47. The molecule has 0 aromatic rings. The third-order valence-electron chi connectivity index (χ3n) is 2.62. The molecule has 17 heavy (non-hydrogen) atoms. The van der Waals surface area contributed by atoms with Crippen molar-refractivity contribution in [2.24, 2.45) is 5.90 Å². The summed E-state index contributed by atoms with van der Waals surface area (Å²) in [5, 5.41) is 2.76. The Morgan fingerprint density at radius 3 is 2.24 bits per heavy atom. The number of carbonyl (C=O) groups excluding carboxylic acids is 1. The highest BCUT2D eigenvalue weighted by Crippen LogP contribution is 2.17. The van der Waals surface area contributed by atoms with Crippen molar-refractivity contribution >= 4 is 5.91 Å². The van der Waals surface area contributed by atoms with Crippen LogP contribution in [0, 0.1) is 0 Å². The third-order valence-corrected chi connectivity index (χ3v) is 2.62. The van der Waals surface area contributed by atoms with Crippen molar-refractivity contribution in [3.8, 4) is 0 Å². The molecule has 5 nitrogen and oxygen atoms in total. The maximum Gasteiger partial charge on any atom is 0.216 e. The van der Waals surface area contributed by atoms with Gasteiger partial charge >= 0.3 is 0 Å². The van der Waals surface area contributed by atoms with Crippen LogP contribution in [0.5, 0.6) is 0 Å². The van der Waals surface area contributed by atoms with Gasteiger partial charge in [-0.2, -0.15) is 0 Å². The average molecular weight is 246 g/mol. The first kappa shape index (κ1) is 16.4. The minimum atomic E-state index is -0.367. The summed E-state index contributed by atoms with van der Waals surface area (Å²) in [5.41, 5.74) is -0.624. The van der Waals surface area contributed by atoms with Gasteiger partial charge in [-0.3, -0.25) is 9.63 Å². The zero-order valence-electron chi connectivity index (χ0n) is 11.6. The molecule has 0 aromatic carbocycles. The van der Waals surface area contributed by atoms with Crippen LogP contribution in [-0.4, -0.2) is 30.3 Å². The van der Waals surface area contributed by atoms with Crippen molar-refractivity contribution in [2.45, 2.75) is 58.7 Å². The first-order chi connectivity index (χ1) is 7.68. The van der Waals surface area contributed by atoms with E-state index < -0.39 is 0 Å². The lowest BCUT2D eigenvalue weighted by molar-refractivity contribution is -0.119. The van der Waals surface area contributed by atoms with E-state index in [4.69, 9.17) is 15.5 Å². The first-order valence-electron chi connectivity index (χ1n) is 5.95. The number of amides is 1. The van der Waals surface area contributed by atoms with Crippen LogP contribution in [0.25, 0.3) is 0 Å². The predicted octanol–water partition coefficient (Wildman–Crippen LogP) is 1.37. The minimum Gasteiger partial charge on any atom is -0.375 e. The lowest BCUT2D eigenvalue weighted by atomic mass is 10.0.